The second kappa shape index (κ2) is 9.77. The third-order valence-electron chi connectivity index (χ3n) is 4.20. The van der Waals surface area contributed by atoms with E-state index in [0.717, 1.165) is 23.7 Å². The number of ether oxygens (including phenoxy) is 3. The average molecular weight is 401 g/mol. The minimum atomic E-state index is -3.65. The number of sulfonamides is 1. The topological polar surface area (TPSA) is 97.4 Å². The number of nitrogens with one attached hydrogen (secondary N) is 1. The molecule has 152 valence electrons. The van der Waals surface area contributed by atoms with Gasteiger partial charge in [0.25, 0.3) is 0 Å². The van der Waals surface area contributed by atoms with E-state index in [4.69, 9.17) is 14.2 Å². The maximum atomic E-state index is 12.3. The van der Waals surface area contributed by atoms with Gasteiger partial charge in [-0.1, -0.05) is 0 Å². The maximum absolute atomic E-state index is 12.3. The molecule has 1 aliphatic rings. The number of rotatable bonds is 9. The molecule has 0 atom stereocenters. The van der Waals surface area contributed by atoms with Crippen LogP contribution in [0.15, 0.2) is 18.2 Å². The first-order valence-corrected chi connectivity index (χ1v) is 10.5. The standard InChI is InChI=1S/C17H27N3O6S/c1-24-15-5-4-14(12-16(15)25-2)20(27(3,22)23)13-17(21)18-6-7-19-8-10-26-11-9-19/h4-5,12H,6-11,13H2,1-3H3,(H,18,21). The molecule has 0 saturated carbocycles. The second-order valence-electron chi connectivity index (χ2n) is 6.11. The van der Waals surface area contributed by atoms with Crippen LogP contribution < -0.4 is 19.1 Å². The summed E-state index contributed by atoms with van der Waals surface area (Å²) in [5, 5.41) is 2.77. The summed E-state index contributed by atoms with van der Waals surface area (Å²) < 4.78 is 41.1. The summed E-state index contributed by atoms with van der Waals surface area (Å²) in [5.74, 6) is 0.490. The summed E-state index contributed by atoms with van der Waals surface area (Å²) in [6.07, 6.45) is 1.06. The van der Waals surface area contributed by atoms with Crippen LogP contribution in [0.5, 0.6) is 11.5 Å². The Balaban J connectivity index is 2.01. The third-order valence-corrected chi connectivity index (χ3v) is 5.34. The molecule has 1 N–H and O–H groups in total. The van der Waals surface area contributed by atoms with Gasteiger partial charge in [-0.2, -0.15) is 0 Å². The molecule has 9 nitrogen and oxygen atoms in total. The molecule has 1 aromatic carbocycles. The van der Waals surface area contributed by atoms with Crippen LogP contribution in [0.2, 0.25) is 0 Å². The Morgan fingerprint density at radius 2 is 1.89 bits per heavy atom. The Morgan fingerprint density at radius 3 is 2.48 bits per heavy atom. The molecule has 0 aliphatic carbocycles. The molecule has 1 saturated heterocycles. The van der Waals surface area contributed by atoms with E-state index in [1.807, 2.05) is 0 Å². The van der Waals surface area contributed by atoms with E-state index in [0.29, 0.717) is 43.5 Å². The monoisotopic (exact) mass is 401 g/mol. The zero-order valence-corrected chi connectivity index (χ0v) is 16.8. The Morgan fingerprint density at radius 1 is 1.22 bits per heavy atom. The predicted molar refractivity (Wildman–Crippen MR) is 102 cm³/mol. The van der Waals surface area contributed by atoms with E-state index in [9.17, 15) is 13.2 Å². The maximum Gasteiger partial charge on any atom is 0.240 e. The van der Waals surface area contributed by atoms with Crippen LogP contribution in [0.4, 0.5) is 5.69 Å². The Bertz CT molecular complexity index is 734. The van der Waals surface area contributed by atoms with Crippen LogP contribution in [0.3, 0.4) is 0 Å². The number of carbonyl (C=O) groups excluding carboxylic acids is 1. The SMILES string of the molecule is COc1ccc(N(CC(=O)NCCN2CCOCC2)S(C)(=O)=O)cc1OC. The number of hydrogen-bond acceptors (Lipinski definition) is 7. The van der Waals surface area contributed by atoms with Gasteiger partial charge in [0.05, 0.1) is 39.4 Å². The Labute approximate surface area is 160 Å². The summed E-state index contributed by atoms with van der Waals surface area (Å²) in [7, 11) is -0.697. The molecule has 0 aromatic heterocycles. The lowest BCUT2D eigenvalue weighted by molar-refractivity contribution is -0.119. The van der Waals surface area contributed by atoms with Crippen LogP contribution in [-0.4, -0.2) is 85.6 Å². The van der Waals surface area contributed by atoms with Gasteiger partial charge < -0.3 is 19.5 Å². The summed E-state index contributed by atoms with van der Waals surface area (Å²) in [5.41, 5.74) is 0.332. The zero-order valence-electron chi connectivity index (χ0n) is 15.9. The first-order valence-electron chi connectivity index (χ1n) is 8.61. The fourth-order valence-corrected chi connectivity index (χ4v) is 3.59. The van der Waals surface area contributed by atoms with Gasteiger partial charge in [-0.15, -0.1) is 0 Å². The first-order chi connectivity index (χ1) is 12.8. The molecular weight excluding hydrogens is 374 g/mol. The molecule has 1 amide bonds. The summed E-state index contributed by atoms with van der Waals surface area (Å²) in [4.78, 5) is 14.5. The van der Waals surface area contributed by atoms with E-state index < -0.39 is 10.0 Å². The fourth-order valence-electron chi connectivity index (χ4n) is 2.74. The van der Waals surface area contributed by atoms with E-state index in [1.165, 1.54) is 20.3 Å². The van der Waals surface area contributed by atoms with Crippen molar-refractivity contribution in [1.29, 1.82) is 0 Å². The second-order valence-corrected chi connectivity index (χ2v) is 8.02. The van der Waals surface area contributed by atoms with E-state index in [1.54, 1.807) is 12.1 Å². The molecule has 0 spiro atoms. The lowest BCUT2D eigenvalue weighted by atomic mass is 10.2. The number of hydrogen-bond donors (Lipinski definition) is 1. The number of methoxy groups -OCH3 is 2. The molecular formula is C17H27N3O6S. The Kier molecular flexibility index (Phi) is 7.69. The highest BCUT2D eigenvalue weighted by Crippen LogP contribution is 2.32. The molecule has 0 radical (unpaired) electrons. The molecule has 1 heterocycles. The van der Waals surface area contributed by atoms with Gasteiger partial charge in [0, 0.05) is 32.2 Å². The molecule has 1 fully saturated rings. The van der Waals surface area contributed by atoms with Crippen molar-refractivity contribution in [3.05, 3.63) is 18.2 Å². The molecule has 1 aliphatic heterocycles. The predicted octanol–water partition coefficient (Wildman–Crippen LogP) is -0.0818. The van der Waals surface area contributed by atoms with E-state index in [2.05, 4.69) is 10.2 Å². The highest BCUT2D eigenvalue weighted by molar-refractivity contribution is 7.92. The van der Waals surface area contributed by atoms with Gasteiger partial charge in [0.1, 0.15) is 6.54 Å². The van der Waals surface area contributed by atoms with E-state index in [-0.39, 0.29) is 12.5 Å². The number of benzene rings is 1. The molecule has 0 unspecified atom stereocenters. The smallest absolute Gasteiger partial charge is 0.240 e. The van der Waals surface area contributed by atoms with Crippen LogP contribution >= 0.6 is 0 Å². The van der Waals surface area contributed by atoms with Crippen LogP contribution in [0.25, 0.3) is 0 Å². The Hall–Kier alpha value is -2.04. The number of carbonyl (C=O) groups is 1. The quantitative estimate of drug-likeness (QED) is 0.618. The molecule has 0 bridgehead atoms. The average Bonchev–Trinajstić information content (AvgIpc) is 2.65. The lowest BCUT2D eigenvalue weighted by Crippen LogP contribution is -2.44. The van der Waals surface area contributed by atoms with Crippen molar-refractivity contribution in [3.8, 4) is 11.5 Å². The first kappa shape index (κ1) is 21.3. The molecule has 1 aromatic rings. The van der Waals surface area contributed by atoms with Crippen LogP contribution in [0.1, 0.15) is 0 Å². The highest BCUT2D eigenvalue weighted by atomic mass is 32.2. The number of amides is 1. The van der Waals surface area contributed by atoms with Crippen LogP contribution in [-0.2, 0) is 19.6 Å². The largest absolute Gasteiger partial charge is 0.493 e. The van der Waals surface area contributed by atoms with Crippen molar-refractivity contribution < 1.29 is 27.4 Å². The third kappa shape index (κ3) is 6.26. The van der Waals surface area contributed by atoms with Crippen molar-refractivity contribution in [2.24, 2.45) is 0 Å². The van der Waals surface area contributed by atoms with Crippen molar-refractivity contribution in [3.63, 3.8) is 0 Å². The van der Waals surface area contributed by atoms with Gasteiger partial charge in [-0.05, 0) is 12.1 Å². The van der Waals surface area contributed by atoms with Crippen molar-refractivity contribution in [2.75, 3.05) is 70.7 Å². The van der Waals surface area contributed by atoms with Crippen molar-refractivity contribution in [2.45, 2.75) is 0 Å². The van der Waals surface area contributed by atoms with Crippen molar-refractivity contribution >= 4 is 21.6 Å². The highest BCUT2D eigenvalue weighted by Gasteiger charge is 2.22. The summed E-state index contributed by atoms with van der Waals surface area (Å²) in [6.45, 7) is 3.88. The molecule has 10 heteroatoms. The summed E-state index contributed by atoms with van der Waals surface area (Å²) >= 11 is 0. The normalized spacial score (nSPS) is 15.2. The van der Waals surface area contributed by atoms with Gasteiger partial charge in [-0.3, -0.25) is 14.0 Å². The zero-order chi connectivity index (χ0) is 19.9. The molecule has 2 rings (SSSR count). The summed E-state index contributed by atoms with van der Waals surface area (Å²) in [6, 6.07) is 4.70. The molecule has 27 heavy (non-hydrogen) atoms. The minimum Gasteiger partial charge on any atom is -0.493 e. The fraction of sp³-hybridized carbons (Fsp3) is 0.588. The van der Waals surface area contributed by atoms with Gasteiger partial charge in [-0.25, -0.2) is 8.42 Å². The van der Waals surface area contributed by atoms with Crippen LogP contribution in [0, 0.1) is 0 Å². The number of morpholine rings is 1. The lowest BCUT2D eigenvalue weighted by Gasteiger charge is -2.27. The number of anilines is 1. The minimum absolute atomic E-state index is 0.308. The van der Waals surface area contributed by atoms with Crippen molar-refractivity contribution in [1.82, 2.24) is 10.2 Å². The number of nitrogens with zero attached hydrogens (tertiary/aromatic N) is 2. The van der Waals surface area contributed by atoms with Gasteiger partial charge >= 0.3 is 0 Å². The van der Waals surface area contributed by atoms with E-state index >= 15 is 0 Å². The van der Waals surface area contributed by atoms with Gasteiger partial charge in [0.2, 0.25) is 15.9 Å². The van der Waals surface area contributed by atoms with Gasteiger partial charge in [0.15, 0.2) is 11.5 Å².